The maximum atomic E-state index is 13.5. The molecule has 17 heteroatoms. The van der Waals surface area contributed by atoms with Crippen LogP contribution in [0.15, 0.2) is 34.3 Å². The summed E-state index contributed by atoms with van der Waals surface area (Å²) in [5.41, 5.74) is 22.1. The minimum absolute atomic E-state index is 0.0119. The Bertz CT molecular complexity index is 1200. The monoisotopic (exact) mass is 603 g/mol. The molecule has 17 nitrogen and oxygen atoms in total. The van der Waals surface area contributed by atoms with Crippen molar-refractivity contribution in [1.29, 1.82) is 0 Å². The van der Waals surface area contributed by atoms with E-state index >= 15 is 0 Å². The lowest BCUT2D eigenvalue weighted by Gasteiger charge is -2.25. The number of hydrogen-bond acceptors (Lipinski definition) is 8. The van der Waals surface area contributed by atoms with Crippen LogP contribution in [0.1, 0.15) is 38.2 Å². The first-order valence-electron chi connectivity index (χ1n) is 13.7. The molecular weight excluding hydrogens is 562 g/mol. The van der Waals surface area contributed by atoms with E-state index in [0.29, 0.717) is 18.4 Å². The zero-order valence-corrected chi connectivity index (χ0v) is 24.0. The van der Waals surface area contributed by atoms with E-state index in [9.17, 15) is 29.1 Å². The zero-order chi connectivity index (χ0) is 31.9. The number of aliphatic imine (C=N–C) groups is 2. The highest BCUT2D eigenvalue weighted by Crippen LogP contribution is 2.12. The number of nitrogens with zero attached hydrogens (tertiary/aromatic N) is 2. The molecule has 1 saturated heterocycles. The summed E-state index contributed by atoms with van der Waals surface area (Å²) in [7, 11) is 0. The van der Waals surface area contributed by atoms with Gasteiger partial charge in [0.25, 0.3) is 0 Å². The number of nitrogens with one attached hydrogen (secondary N) is 5. The molecule has 4 atom stereocenters. The van der Waals surface area contributed by atoms with Gasteiger partial charge in [-0.1, -0.05) is 12.1 Å². The number of aromatic hydroxyl groups is 1. The highest BCUT2D eigenvalue weighted by atomic mass is 16.3. The SMILES string of the molecule is C[C@H]1NC(=O)[C@H](CCCN=C(N)N)NC(=O)[C@@H](CCCN=C(N)N)NC(=O)[C@@H](Cc2ccc(O)cc2)NC(=O)CNC1=O. The van der Waals surface area contributed by atoms with E-state index in [1.165, 1.54) is 19.1 Å². The summed E-state index contributed by atoms with van der Waals surface area (Å²) in [5.74, 6) is -3.60. The van der Waals surface area contributed by atoms with Crippen LogP contribution >= 0.6 is 0 Å². The van der Waals surface area contributed by atoms with Gasteiger partial charge in [-0.25, -0.2) is 0 Å². The summed E-state index contributed by atoms with van der Waals surface area (Å²) >= 11 is 0. The predicted octanol–water partition coefficient (Wildman–Crippen LogP) is -3.87. The summed E-state index contributed by atoms with van der Waals surface area (Å²) < 4.78 is 0. The number of carbonyl (C=O) groups excluding carboxylic acids is 5. The van der Waals surface area contributed by atoms with Crippen molar-refractivity contribution >= 4 is 41.5 Å². The average molecular weight is 604 g/mol. The van der Waals surface area contributed by atoms with E-state index in [2.05, 4.69) is 36.6 Å². The zero-order valence-electron chi connectivity index (χ0n) is 24.0. The third kappa shape index (κ3) is 12.5. The predicted molar refractivity (Wildman–Crippen MR) is 158 cm³/mol. The van der Waals surface area contributed by atoms with Crippen molar-refractivity contribution in [3.05, 3.63) is 29.8 Å². The highest BCUT2D eigenvalue weighted by Gasteiger charge is 2.31. The summed E-state index contributed by atoms with van der Waals surface area (Å²) in [6, 6.07) is 1.57. The Hall–Kier alpha value is -5.09. The molecule has 0 radical (unpaired) electrons. The van der Waals surface area contributed by atoms with E-state index in [1.54, 1.807) is 12.1 Å². The topological polar surface area (TPSA) is 295 Å². The van der Waals surface area contributed by atoms with Gasteiger partial charge < -0.3 is 54.6 Å². The van der Waals surface area contributed by atoms with Crippen molar-refractivity contribution < 1.29 is 29.1 Å². The van der Waals surface area contributed by atoms with Crippen molar-refractivity contribution in [1.82, 2.24) is 26.6 Å². The molecule has 1 aliphatic heterocycles. The summed E-state index contributed by atoms with van der Waals surface area (Å²) in [6.07, 6.45) is 0.819. The van der Waals surface area contributed by atoms with Crippen LogP contribution in [0.3, 0.4) is 0 Å². The highest BCUT2D eigenvalue weighted by molar-refractivity contribution is 5.97. The Labute approximate surface area is 248 Å². The molecule has 236 valence electrons. The Morgan fingerprint density at radius 1 is 0.744 bits per heavy atom. The van der Waals surface area contributed by atoms with Gasteiger partial charge in [-0.2, -0.15) is 0 Å². The van der Waals surface area contributed by atoms with Crippen LogP contribution in [-0.4, -0.2) is 90.4 Å². The van der Waals surface area contributed by atoms with Crippen LogP contribution in [0.5, 0.6) is 5.75 Å². The van der Waals surface area contributed by atoms with Gasteiger partial charge in [0, 0.05) is 19.5 Å². The molecule has 0 spiro atoms. The van der Waals surface area contributed by atoms with Crippen LogP contribution in [0.25, 0.3) is 0 Å². The Morgan fingerprint density at radius 3 is 1.74 bits per heavy atom. The third-order valence-electron chi connectivity index (χ3n) is 6.36. The Balaban J connectivity index is 2.39. The van der Waals surface area contributed by atoms with Gasteiger partial charge in [-0.3, -0.25) is 34.0 Å². The molecule has 43 heavy (non-hydrogen) atoms. The molecule has 1 aromatic rings. The number of carbonyl (C=O) groups is 5. The van der Waals surface area contributed by atoms with Gasteiger partial charge in [0.15, 0.2) is 11.9 Å². The number of rotatable bonds is 10. The van der Waals surface area contributed by atoms with Crippen LogP contribution < -0.4 is 49.5 Å². The fourth-order valence-corrected chi connectivity index (χ4v) is 4.11. The largest absolute Gasteiger partial charge is 0.508 e. The molecule has 0 aliphatic carbocycles. The fraction of sp³-hybridized carbons (Fsp3) is 0.500. The molecule has 1 aromatic carbocycles. The minimum atomic E-state index is -1.15. The van der Waals surface area contributed by atoms with Gasteiger partial charge in [0.1, 0.15) is 29.9 Å². The van der Waals surface area contributed by atoms with Crippen LogP contribution in [0, 0.1) is 0 Å². The molecule has 0 saturated carbocycles. The second-order valence-electron chi connectivity index (χ2n) is 9.96. The van der Waals surface area contributed by atoms with E-state index in [1.807, 2.05) is 0 Å². The van der Waals surface area contributed by atoms with Crippen LogP contribution in [0.4, 0.5) is 0 Å². The van der Waals surface area contributed by atoms with Crippen molar-refractivity contribution in [3.63, 3.8) is 0 Å². The smallest absolute Gasteiger partial charge is 0.243 e. The number of nitrogens with two attached hydrogens (primary N) is 4. The lowest BCUT2D eigenvalue weighted by Crippen LogP contribution is -2.57. The Kier molecular flexibility index (Phi) is 13.5. The number of benzene rings is 1. The van der Waals surface area contributed by atoms with Gasteiger partial charge >= 0.3 is 0 Å². The van der Waals surface area contributed by atoms with Gasteiger partial charge in [0.2, 0.25) is 29.5 Å². The summed E-state index contributed by atoms with van der Waals surface area (Å²) in [6.45, 7) is 1.30. The lowest BCUT2D eigenvalue weighted by molar-refractivity contribution is -0.134. The maximum absolute atomic E-state index is 13.5. The number of hydrogen-bond donors (Lipinski definition) is 10. The van der Waals surface area contributed by atoms with Crippen LogP contribution in [-0.2, 0) is 30.4 Å². The molecule has 0 aromatic heterocycles. The molecule has 1 aliphatic rings. The molecular formula is C26H41N11O6. The maximum Gasteiger partial charge on any atom is 0.243 e. The summed E-state index contributed by atoms with van der Waals surface area (Å²) in [4.78, 5) is 73.2. The van der Waals surface area contributed by atoms with Crippen molar-refractivity contribution in [3.8, 4) is 5.75 Å². The normalized spacial score (nSPS) is 21.9. The third-order valence-corrected chi connectivity index (χ3v) is 6.36. The summed E-state index contributed by atoms with van der Waals surface area (Å²) in [5, 5.41) is 22.5. The minimum Gasteiger partial charge on any atom is -0.508 e. The number of guanidine groups is 2. The van der Waals surface area contributed by atoms with Crippen molar-refractivity contribution in [2.75, 3.05) is 19.6 Å². The second kappa shape index (κ2) is 17.0. The van der Waals surface area contributed by atoms with Crippen molar-refractivity contribution in [2.45, 2.75) is 63.2 Å². The van der Waals surface area contributed by atoms with Gasteiger partial charge in [0.05, 0.1) is 6.54 Å². The fourth-order valence-electron chi connectivity index (χ4n) is 4.11. The quantitative estimate of drug-likeness (QED) is 0.0705. The van der Waals surface area contributed by atoms with Gasteiger partial charge in [-0.05, 0) is 50.3 Å². The molecule has 14 N–H and O–H groups in total. The molecule has 0 bridgehead atoms. The molecule has 0 unspecified atom stereocenters. The van der Waals surface area contributed by atoms with Crippen LogP contribution in [0.2, 0.25) is 0 Å². The number of phenols is 1. The molecule has 1 heterocycles. The number of amides is 5. The second-order valence-corrected chi connectivity index (χ2v) is 9.96. The first-order chi connectivity index (χ1) is 20.3. The Morgan fingerprint density at radius 2 is 1.23 bits per heavy atom. The first-order valence-corrected chi connectivity index (χ1v) is 13.7. The van der Waals surface area contributed by atoms with E-state index in [4.69, 9.17) is 22.9 Å². The van der Waals surface area contributed by atoms with Gasteiger partial charge in [-0.15, -0.1) is 0 Å². The van der Waals surface area contributed by atoms with Crippen molar-refractivity contribution in [2.24, 2.45) is 32.9 Å². The van der Waals surface area contributed by atoms with E-state index in [-0.39, 0.29) is 50.0 Å². The standard InChI is InChI=1S/C26H41N11O6/c1-14-21(40)33-13-20(39)35-19(12-15-6-8-16(38)9-7-15)24(43)37-18(5-3-11-32-26(29)30)23(42)36-17(22(41)34-14)4-2-10-31-25(27)28/h6-9,14,17-19,38H,2-5,10-13H2,1H3,(H,33,40)(H,34,41)(H,35,39)(H,36,42)(H,37,43)(H4,27,28,31)(H4,29,30,32)/t14-,17+,18-,19-/m1/s1. The molecule has 1 fully saturated rings. The molecule has 5 amide bonds. The number of phenolic OH excluding ortho intramolecular Hbond substituents is 1. The van der Waals surface area contributed by atoms with E-state index in [0.717, 1.165) is 0 Å². The lowest BCUT2D eigenvalue weighted by atomic mass is 10.0. The van der Waals surface area contributed by atoms with E-state index < -0.39 is 60.2 Å². The average Bonchev–Trinajstić information content (AvgIpc) is 2.94. The first kappa shape index (κ1) is 34.1. The molecule has 2 rings (SSSR count).